The van der Waals surface area contributed by atoms with E-state index in [9.17, 15) is 5.11 Å². The van der Waals surface area contributed by atoms with Crippen LogP contribution in [-0.4, -0.2) is 15.1 Å². The molecule has 0 bridgehead atoms. The molecule has 4 nitrogen and oxygen atoms in total. The van der Waals surface area contributed by atoms with E-state index in [1.807, 2.05) is 24.3 Å². The van der Waals surface area contributed by atoms with Gasteiger partial charge in [-0.1, -0.05) is 12.1 Å². The van der Waals surface area contributed by atoms with Gasteiger partial charge < -0.3 is 10.4 Å². The maximum Gasteiger partial charge on any atom is 0.142 e. The van der Waals surface area contributed by atoms with Crippen molar-refractivity contribution in [3.8, 4) is 0 Å². The van der Waals surface area contributed by atoms with Crippen LogP contribution in [-0.2, 0) is 19.4 Å². The van der Waals surface area contributed by atoms with Gasteiger partial charge in [-0.25, -0.2) is 9.97 Å². The van der Waals surface area contributed by atoms with Crippen LogP contribution in [0, 0.1) is 0 Å². The highest BCUT2D eigenvalue weighted by atomic mass is 32.1. The second kappa shape index (κ2) is 5.66. The molecule has 22 heavy (non-hydrogen) atoms. The fourth-order valence-electron chi connectivity index (χ4n) is 3.07. The molecule has 5 heteroatoms. The number of anilines is 2. The minimum Gasteiger partial charge on any atom is -0.392 e. The van der Waals surface area contributed by atoms with Crippen LogP contribution in [0.5, 0.6) is 0 Å². The molecular weight excluding hydrogens is 294 g/mol. The van der Waals surface area contributed by atoms with Gasteiger partial charge in [-0.05, 0) is 48.9 Å². The fourth-order valence-corrected chi connectivity index (χ4v) is 4.30. The number of hydrogen-bond acceptors (Lipinski definition) is 5. The largest absolute Gasteiger partial charge is 0.392 e. The first-order valence-electron chi connectivity index (χ1n) is 7.57. The minimum atomic E-state index is 0.0442. The van der Waals surface area contributed by atoms with Gasteiger partial charge in [0.2, 0.25) is 0 Å². The Kier molecular flexibility index (Phi) is 3.52. The number of hydrogen-bond donors (Lipinski definition) is 2. The summed E-state index contributed by atoms with van der Waals surface area (Å²) in [7, 11) is 0. The van der Waals surface area contributed by atoms with E-state index in [0.29, 0.717) is 0 Å². The maximum absolute atomic E-state index is 9.27. The standard InChI is InChI=1S/C17H17N3OS/c21-9-11-4-3-5-12(8-11)20-16-15-13-6-1-2-7-14(13)22-17(15)19-10-18-16/h3-5,8,10,21H,1-2,6-7,9H2,(H,18,19,20). The Hall–Kier alpha value is -1.98. The van der Waals surface area contributed by atoms with Gasteiger partial charge in [-0.2, -0.15) is 0 Å². The first-order chi connectivity index (χ1) is 10.8. The van der Waals surface area contributed by atoms with Gasteiger partial charge in [0.1, 0.15) is 17.0 Å². The summed E-state index contributed by atoms with van der Waals surface area (Å²) in [5, 5.41) is 13.9. The zero-order valence-corrected chi connectivity index (χ0v) is 13.0. The molecule has 0 saturated heterocycles. The van der Waals surface area contributed by atoms with Crippen LogP contribution in [0.25, 0.3) is 10.2 Å². The van der Waals surface area contributed by atoms with Gasteiger partial charge in [0.05, 0.1) is 12.0 Å². The lowest BCUT2D eigenvalue weighted by molar-refractivity contribution is 0.282. The third-order valence-electron chi connectivity index (χ3n) is 4.12. The molecule has 2 aromatic heterocycles. The number of fused-ring (bicyclic) bond motifs is 3. The normalized spacial score (nSPS) is 14.0. The van der Waals surface area contributed by atoms with Gasteiger partial charge in [0.25, 0.3) is 0 Å². The van der Waals surface area contributed by atoms with E-state index >= 15 is 0 Å². The molecule has 1 aliphatic rings. The number of aliphatic hydroxyl groups excluding tert-OH is 1. The molecule has 4 rings (SSSR count). The van der Waals surface area contributed by atoms with Crippen LogP contribution < -0.4 is 5.32 Å². The second-order valence-corrected chi connectivity index (χ2v) is 6.68. The quantitative estimate of drug-likeness (QED) is 0.772. The average Bonchev–Trinajstić information content (AvgIpc) is 2.94. The van der Waals surface area contributed by atoms with Crippen molar-refractivity contribution < 1.29 is 5.11 Å². The molecule has 0 radical (unpaired) electrons. The molecule has 1 aromatic carbocycles. The number of thiophene rings is 1. The van der Waals surface area contributed by atoms with Crippen molar-refractivity contribution in [2.45, 2.75) is 32.3 Å². The van der Waals surface area contributed by atoms with E-state index < -0.39 is 0 Å². The smallest absolute Gasteiger partial charge is 0.142 e. The summed E-state index contributed by atoms with van der Waals surface area (Å²) in [4.78, 5) is 11.4. The number of nitrogens with one attached hydrogen (secondary N) is 1. The highest BCUT2D eigenvalue weighted by Crippen LogP contribution is 2.38. The third-order valence-corrected chi connectivity index (χ3v) is 5.32. The van der Waals surface area contributed by atoms with E-state index in [1.165, 1.54) is 28.7 Å². The van der Waals surface area contributed by atoms with E-state index in [1.54, 1.807) is 17.7 Å². The molecule has 2 N–H and O–H groups in total. The summed E-state index contributed by atoms with van der Waals surface area (Å²) in [5.41, 5.74) is 3.26. The molecule has 0 unspecified atom stereocenters. The van der Waals surface area contributed by atoms with Crippen molar-refractivity contribution in [2.75, 3.05) is 5.32 Å². The molecule has 2 heterocycles. The third kappa shape index (κ3) is 2.36. The summed E-state index contributed by atoms with van der Waals surface area (Å²) < 4.78 is 0. The Bertz CT molecular complexity index is 828. The maximum atomic E-state index is 9.27. The molecule has 1 aliphatic carbocycles. The number of rotatable bonds is 3. The van der Waals surface area contributed by atoms with Crippen LogP contribution >= 0.6 is 11.3 Å². The zero-order chi connectivity index (χ0) is 14.9. The average molecular weight is 311 g/mol. The molecule has 3 aromatic rings. The van der Waals surface area contributed by atoms with Gasteiger partial charge in [-0.3, -0.25) is 0 Å². The Morgan fingerprint density at radius 1 is 1.18 bits per heavy atom. The summed E-state index contributed by atoms with van der Waals surface area (Å²) in [6.07, 6.45) is 6.42. The Labute approximate surface area is 132 Å². The molecule has 112 valence electrons. The number of benzene rings is 1. The fraction of sp³-hybridized carbons (Fsp3) is 0.294. The van der Waals surface area contributed by atoms with Crippen LogP contribution in [0.3, 0.4) is 0 Å². The molecular formula is C17H17N3OS. The van der Waals surface area contributed by atoms with Gasteiger partial charge in [0.15, 0.2) is 0 Å². The number of nitrogens with zero attached hydrogens (tertiary/aromatic N) is 2. The monoisotopic (exact) mass is 311 g/mol. The van der Waals surface area contributed by atoms with Crippen molar-refractivity contribution in [3.63, 3.8) is 0 Å². The lowest BCUT2D eigenvalue weighted by Crippen LogP contribution is -2.01. The van der Waals surface area contributed by atoms with E-state index in [4.69, 9.17) is 0 Å². The first-order valence-corrected chi connectivity index (χ1v) is 8.39. The van der Waals surface area contributed by atoms with Crippen molar-refractivity contribution >= 4 is 33.1 Å². The first kappa shape index (κ1) is 13.7. The topological polar surface area (TPSA) is 58.0 Å². The molecule has 0 saturated carbocycles. The molecule has 0 spiro atoms. The summed E-state index contributed by atoms with van der Waals surface area (Å²) in [6, 6.07) is 7.79. The van der Waals surface area contributed by atoms with Crippen molar-refractivity contribution in [1.82, 2.24) is 9.97 Å². The summed E-state index contributed by atoms with van der Waals surface area (Å²) in [6.45, 7) is 0.0442. The van der Waals surface area contributed by atoms with Crippen molar-refractivity contribution in [2.24, 2.45) is 0 Å². The van der Waals surface area contributed by atoms with Crippen LogP contribution in [0.1, 0.15) is 28.8 Å². The van der Waals surface area contributed by atoms with Gasteiger partial charge in [-0.15, -0.1) is 11.3 Å². The predicted molar refractivity (Wildman–Crippen MR) is 89.7 cm³/mol. The molecule has 0 fully saturated rings. The highest BCUT2D eigenvalue weighted by Gasteiger charge is 2.19. The van der Waals surface area contributed by atoms with Crippen molar-refractivity contribution in [3.05, 3.63) is 46.6 Å². The van der Waals surface area contributed by atoms with E-state index in [-0.39, 0.29) is 6.61 Å². The van der Waals surface area contributed by atoms with E-state index in [2.05, 4.69) is 15.3 Å². The SMILES string of the molecule is OCc1cccc(Nc2ncnc3sc4c(c23)CCCC4)c1. The predicted octanol–water partition coefficient (Wildman–Crippen LogP) is 3.81. The van der Waals surface area contributed by atoms with Crippen molar-refractivity contribution in [1.29, 1.82) is 0 Å². The molecule has 0 amide bonds. The lowest BCUT2D eigenvalue weighted by Gasteiger charge is -2.12. The number of aliphatic hydroxyl groups is 1. The van der Waals surface area contributed by atoms with Crippen LogP contribution in [0.2, 0.25) is 0 Å². The van der Waals surface area contributed by atoms with Crippen LogP contribution in [0.4, 0.5) is 11.5 Å². The van der Waals surface area contributed by atoms with Gasteiger partial charge >= 0.3 is 0 Å². The number of aromatic nitrogens is 2. The molecule has 0 atom stereocenters. The van der Waals surface area contributed by atoms with Gasteiger partial charge in [0, 0.05) is 10.6 Å². The summed E-state index contributed by atoms with van der Waals surface area (Å²) in [5.74, 6) is 0.875. The molecule has 0 aliphatic heterocycles. The number of aryl methyl sites for hydroxylation is 2. The summed E-state index contributed by atoms with van der Waals surface area (Å²) >= 11 is 1.80. The Balaban J connectivity index is 1.79. The Morgan fingerprint density at radius 3 is 3.00 bits per heavy atom. The van der Waals surface area contributed by atoms with E-state index in [0.717, 1.165) is 34.7 Å². The van der Waals surface area contributed by atoms with Crippen LogP contribution in [0.15, 0.2) is 30.6 Å². The second-order valence-electron chi connectivity index (χ2n) is 5.60. The zero-order valence-electron chi connectivity index (χ0n) is 12.2. The Morgan fingerprint density at radius 2 is 2.09 bits per heavy atom. The minimum absolute atomic E-state index is 0.0442. The lowest BCUT2D eigenvalue weighted by atomic mass is 9.97. The highest BCUT2D eigenvalue weighted by molar-refractivity contribution is 7.19.